The van der Waals surface area contributed by atoms with Gasteiger partial charge in [0.05, 0.1) is 31.3 Å². The van der Waals surface area contributed by atoms with Gasteiger partial charge < -0.3 is 36.2 Å². The highest BCUT2D eigenvalue weighted by Gasteiger charge is 2.65. The van der Waals surface area contributed by atoms with Gasteiger partial charge in [0.15, 0.2) is 0 Å². The maximum absolute atomic E-state index is 13.0. The Labute approximate surface area is 274 Å². The van der Waals surface area contributed by atoms with Crippen LogP contribution in [-0.4, -0.2) is 80.8 Å². The molecule has 0 radical (unpaired) electrons. The van der Waals surface area contributed by atoms with E-state index in [1.807, 2.05) is 0 Å². The summed E-state index contributed by atoms with van der Waals surface area (Å²) in [5, 5.41) is 58.6. The lowest BCUT2D eigenvalue weighted by Gasteiger charge is -2.63. The van der Waals surface area contributed by atoms with Gasteiger partial charge in [-0.1, -0.05) is 40.0 Å². The van der Waals surface area contributed by atoms with Crippen molar-refractivity contribution in [3.05, 3.63) is 0 Å². The number of carboxylic acid groups (broad SMARTS) is 1. The second-order valence-electron chi connectivity index (χ2n) is 16.7. The molecule has 5 aliphatic carbocycles. The molecule has 9 unspecified atom stereocenters. The van der Waals surface area contributed by atoms with Crippen molar-refractivity contribution >= 4 is 17.8 Å². The molecule has 0 spiro atoms. The van der Waals surface area contributed by atoms with Gasteiger partial charge in [0.25, 0.3) is 0 Å². The third kappa shape index (κ3) is 6.74. The molecule has 5 fully saturated rings. The van der Waals surface area contributed by atoms with Gasteiger partial charge in [0.2, 0.25) is 11.8 Å². The van der Waals surface area contributed by atoms with Gasteiger partial charge >= 0.3 is 5.97 Å². The number of nitrogens with one attached hydrogen (secondary N) is 2. The highest BCUT2D eigenvalue weighted by Crippen LogP contribution is 2.68. The van der Waals surface area contributed by atoms with Crippen LogP contribution in [0.2, 0.25) is 0 Å². The molecule has 12 atom stereocenters. The Hall–Kier alpha value is -1.75. The van der Waals surface area contributed by atoms with E-state index >= 15 is 0 Å². The number of fused-ring (bicyclic) bond motifs is 5. The maximum atomic E-state index is 13.0. The lowest BCUT2D eigenvalue weighted by atomic mass is 9.43. The van der Waals surface area contributed by atoms with Crippen LogP contribution in [0.25, 0.3) is 0 Å². The lowest BCUT2D eigenvalue weighted by Crippen LogP contribution is -2.62. The number of hydrogen-bond donors (Lipinski definition) is 7. The molecule has 0 bridgehead atoms. The first-order valence-electron chi connectivity index (χ1n) is 18.2. The average Bonchev–Trinajstić information content (AvgIpc) is 3.37. The number of rotatable bonds is 11. The third-order valence-electron chi connectivity index (χ3n) is 14.3. The molecule has 5 rings (SSSR count). The molecule has 0 saturated heterocycles. The molecule has 0 aromatic rings. The zero-order valence-electron chi connectivity index (χ0n) is 28.3. The van der Waals surface area contributed by atoms with Crippen molar-refractivity contribution in [3.8, 4) is 0 Å². The van der Waals surface area contributed by atoms with Gasteiger partial charge in [-0.15, -0.1) is 0 Å². The largest absolute Gasteiger partial charge is 0.481 e. The molecule has 10 heteroatoms. The van der Waals surface area contributed by atoms with E-state index in [1.54, 1.807) is 0 Å². The molecule has 5 saturated carbocycles. The molecular weight excluding hydrogens is 588 g/mol. The Kier molecular flexibility index (Phi) is 10.8. The van der Waals surface area contributed by atoms with Crippen molar-refractivity contribution in [2.45, 2.75) is 141 Å². The lowest BCUT2D eigenvalue weighted by molar-refractivity contribution is -0.207. The highest BCUT2D eigenvalue weighted by atomic mass is 16.4. The summed E-state index contributed by atoms with van der Waals surface area (Å²) in [6.07, 6.45) is 9.65. The molecule has 0 aromatic carbocycles. The van der Waals surface area contributed by atoms with E-state index in [4.69, 9.17) is 0 Å². The summed E-state index contributed by atoms with van der Waals surface area (Å²) >= 11 is 0. The molecule has 0 aliphatic heterocycles. The topological polar surface area (TPSA) is 176 Å². The number of hydrogen-bond acceptors (Lipinski definition) is 7. The van der Waals surface area contributed by atoms with Crippen LogP contribution in [0.15, 0.2) is 0 Å². The molecule has 0 aromatic heterocycles. The van der Waals surface area contributed by atoms with Crippen molar-refractivity contribution in [2.24, 2.45) is 51.8 Å². The summed E-state index contributed by atoms with van der Waals surface area (Å²) in [4.78, 5) is 37.5. The first kappa shape index (κ1) is 35.6. The van der Waals surface area contributed by atoms with Crippen LogP contribution >= 0.6 is 0 Å². The Morgan fingerprint density at radius 2 is 1.63 bits per heavy atom. The minimum atomic E-state index is -1.10. The molecular formula is C36H60N2O8. The molecule has 2 amide bonds. The highest BCUT2D eigenvalue weighted by molar-refractivity contribution is 5.87. The average molecular weight is 649 g/mol. The zero-order chi connectivity index (χ0) is 33.4. The Morgan fingerprint density at radius 3 is 2.30 bits per heavy atom. The van der Waals surface area contributed by atoms with E-state index in [1.165, 1.54) is 0 Å². The molecule has 46 heavy (non-hydrogen) atoms. The predicted octanol–water partition coefficient (Wildman–Crippen LogP) is 3.38. The van der Waals surface area contributed by atoms with E-state index in [0.717, 1.165) is 70.6 Å². The molecule has 262 valence electrons. The first-order chi connectivity index (χ1) is 21.7. The van der Waals surface area contributed by atoms with Gasteiger partial charge in [0, 0.05) is 13.0 Å². The summed E-state index contributed by atoms with van der Waals surface area (Å²) in [5.41, 5.74) is -0.825. The summed E-state index contributed by atoms with van der Waals surface area (Å²) in [6, 6.07) is -1.10. The van der Waals surface area contributed by atoms with E-state index in [-0.39, 0.29) is 77.7 Å². The molecule has 10 nitrogen and oxygen atoms in total. The number of carboxylic acids is 1. The first-order valence-corrected chi connectivity index (χ1v) is 18.2. The summed E-state index contributed by atoms with van der Waals surface area (Å²) < 4.78 is 0. The standard InChI is InChI=1S/C36H60N2O8/c1-21(7-10-30(43)38-27(19-39)33(46)37-20-36(18-31(44)45)12-5-4-6-13-36)24-8-9-25-32-26(17-29(42)35(24,25)3)34(2)14-11-23(40)15-22(34)16-28(32)41/h21-29,32,39-42H,4-20H2,1-3H3,(H,37,46)(H,38,43)(H,44,45)/t21-,22?,23-,24?,25?,26?,27?,28?,29+,32?,34?,35?/m1/s1. The zero-order valence-corrected chi connectivity index (χ0v) is 28.3. The fourth-order valence-electron chi connectivity index (χ4n) is 11.6. The van der Waals surface area contributed by atoms with Crippen LogP contribution in [0.1, 0.15) is 117 Å². The van der Waals surface area contributed by atoms with Crippen LogP contribution in [0.3, 0.4) is 0 Å². The quantitative estimate of drug-likeness (QED) is 0.178. The van der Waals surface area contributed by atoms with Gasteiger partial charge in [-0.3, -0.25) is 14.4 Å². The number of aliphatic hydroxyl groups excluding tert-OH is 4. The second-order valence-corrected chi connectivity index (χ2v) is 16.7. The van der Waals surface area contributed by atoms with Gasteiger partial charge in [-0.2, -0.15) is 0 Å². The van der Waals surface area contributed by atoms with Crippen LogP contribution in [0, 0.1) is 51.8 Å². The minimum absolute atomic E-state index is 0.0126. The van der Waals surface area contributed by atoms with Crippen molar-refractivity contribution < 1.29 is 39.9 Å². The normalized spacial score (nSPS) is 41.3. The smallest absolute Gasteiger partial charge is 0.303 e. The molecule has 0 heterocycles. The van der Waals surface area contributed by atoms with E-state index in [2.05, 4.69) is 31.4 Å². The number of amides is 2. The van der Waals surface area contributed by atoms with Crippen LogP contribution in [0.5, 0.6) is 0 Å². The van der Waals surface area contributed by atoms with Crippen molar-refractivity contribution in [3.63, 3.8) is 0 Å². The van der Waals surface area contributed by atoms with Crippen molar-refractivity contribution in [1.82, 2.24) is 10.6 Å². The van der Waals surface area contributed by atoms with Gasteiger partial charge in [-0.25, -0.2) is 0 Å². The van der Waals surface area contributed by atoms with Crippen molar-refractivity contribution in [2.75, 3.05) is 13.2 Å². The second kappa shape index (κ2) is 14.0. The number of aliphatic carboxylic acids is 1. The maximum Gasteiger partial charge on any atom is 0.303 e. The fourth-order valence-corrected chi connectivity index (χ4v) is 11.6. The number of carbonyl (C=O) groups excluding carboxylic acids is 2. The summed E-state index contributed by atoms with van der Waals surface area (Å²) in [7, 11) is 0. The van der Waals surface area contributed by atoms with Crippen LogP contribution < -0.4 is 10.6 Å². The van der Waals surface area contributed by atoms with Crippen molar-refractivity contribution in [1.29, 1.82) is 0 Å². The fraction of sp³-hybridized carbons (Fsp3) is 0.917. The Bertz CT molecular complexity index is 1110. The van der Waals surface area contributed by atoms with E-state index in [9.17, 15) is 39.9 Å². The Morgan fingerprint density at radius 1 is 0.913 bits per heavy atom. The van der Waals surface area contributed by atoms with Gasteiger partial charge in [0.1, 0.15) is 6.04 Å². The third-order valence-corrected chi connectivity index (χ3v) is 14.3. The number of carbonyl (C=O) groups is 3. The number of aliphatic hydroxyl groups is 4. The monoisotopic (exact) mass is 648 g/mol. The van der Waals surface area contributed by atoms with E-state index < -0.39 is 42.1 Å². The van der Waals surface area contributed by atoms with Crippen LogP contribution in [-0.2, 0) is 14.4 Å². The summed E-state index contributed by atoms with van der Waals surface area (Å²) in [5.74, 6) is -0.501. The minimum Gasteiger partial charge on any atom is -0.481 e. The van der Waals surface area contributed by atoms with Crippen LogP contribution in [0.4, 0.5) is 0 Å². The SMILES string of the molecule is C[C@H](CCC(=O)NC(CO)C(=O)NCC1(CC(=O)O)CCCCC1)C1CCC2C3C(O)CC4C[C@H](O)CCC4(C)C3C[C@H](O)C21C. The predicted molar refractivity (Wildman–Crippen MR) is 172 cm³/mol. The molecule has 5 aliphatic rings. The Balaban J connectivity index is 1.16. The molecule has 7 N–H and O–H groups in total. The van der Waals surface area contributed by atoms with E-state index in [0.29, 0.717) is 12.8 Å². The summed E-state index contributed by atoms with van der Waals surface area (Å²) in [6.45, 7) is 6.35. The van der Waals surface area contributed by atoms with Gasteiger partial charge in [-0.05, 0) is 116 Å².